The van der Waals surface area contributed by atoms with Gasteiger partial charge in [-0.3, -0.25) is 0 Å². The van der Waals surface area contributed by atoms with Gasteiger partial charge >= 0.3 is 0 Å². The Bertz CT molecular complexity index is 399. The molecule has 1 aliphatic heterocycles. The molecule has 0 amide bonds. The zero-order valence-electron chi connectivity index (χ0n) is 10.5. The molecule has 0 radical (unpaired) electrons. The molecule has 2 atom stereocenters. The van der Waals surface area contributed by atoms with Crippen molar-refractivity contribution in [1.29, 1.82) is 0 Å². The van der Waals surface area contributed by atoms with Crippen LogP contribution in [-0.2, 0) is 9.47 Å². The predicted molar refractivity (Wildman–Crippen MR) is 67.4 cm³/mol. The van der Waals surface area contributed by atoms with Gasteiger partial charge in [0.25, 0.3) is 0 Å². The van der Waals surface area contributed by atoms with E-state index in [1.165, 1.54) is 0 Å². The number of methoxy groups -OCH3 is 1. The van der Waals surface area contributed by atoms with Crippen molar-refractivity contribution in [2.45, 2.75) is 18.8 Å². The molecule has 4 heteroatoms. The summed E-state index contributed by atoms with van der Waals surface area (Å²) in [5, 5.41) is 8.93. The van der Waals surface area contributed by atoms with Crippen molar-refractivity contribution in [3.8, 4) is 5.75 Å². The van der Waals surface area contributed by atoms with Crippen LogP contribution in [0.3, 0.4) is 0 Å². The SMILES string of the molecule is C=C(CO)C[C@H]1COC(c2ccc(OC)cc2)O1. The Balaban J connectivity index is 1.93. The fourth-order valence-electron chi connectivity index (χ4n) is 1.88. The Kier molecular flexibility index (Phi) is 4.36. The van der Waals surface area contributed by atoms with Gasteiger partial charge in [-0.25, -0.2) is 0 Å². The molecule has 0 aliphatic carbocycles. The number of aliphatic hydroxyl groups is 1. The number of ether oxygens (including phenoxy) is 3. The van der Waals surface area contributed by atoms with Gasteiger partial charge in [0, 0.05) is 5.56 Å². The van der Waals surface area contributed by atoms with Gasteiger partial charge in [-0.05, 0) is 24.1 Å². The van der Waals surface area contributed by atoms with Gasteiger partial charge in [0.2, 0.25) is 0 Å². The highest BCUT2D eigenvalue weighted by atomic mass is 16.7. The number of hydrogen-bond donors (Lipinski definition) is 1. The number of rotatable bonds is 5. The van der Waals surface area contributed by atoms with Crippen LogP contribution in [-0.4, -0.2) is 31.5 Å². The molecular formula is C14H18O4. The molecule has 0 spiro atoms. The molecule has 1 aromatic rings. The molecule has 1 N–H and O–H groups in total. The number of hydrogen-bond acceptors (Lipinski definition) is 4. The second-order valence-electron chi connectivity index (χ2n) is 4.31. The summed E-state index contributed by atoms with van der Waals surface area (Å²) >= 11 is 0. The third-order valence-electron chi connectivity index (χ3n) is 2.88. The Morgan fingerprint density at radius 2 is 2.17 bits per heavy atom. The summed E-state index contributed by atoms with van der Waals surface area (Å²) in [5.41, 5.74) is 1.73. The summed E-state index contributed by atoms with van der Waals surface area (Å²) in [6, 6.07) is 7.60. The van der Waals surface area contributed by atoms with Gasteiger partial charge in [-0.15, -0.1) is 0 Å². The molecule has 1 fully saturated rings. The maximum absolute atomic E-state index is 8.93. The topological polar surface area (TPSA) is 47.9 Å². The van der Waals surface area contributed by atoms with E-state index in [0.29, 0.717) is 13.0 Å². The summed E-state index contributed by atoms with van der Waals surface area (Å²) < 4.78 is 16.4. The van der Waals surface area contributed by atoms with E-state index in [4.69, 9.17) is 19.3 Å². The first-order valence-electron chi connectivity index (χ1n) is 5.91. The summed E-state index contributed by atoms with van der Waals surface area (Å²) in [7, 11) is 1.63. The minimum atomic E-state index is -0.340. The normalized spacial score (nSPS) is 23.0. The Morgan fingerprint density at radius 3 is 2.78 bits per heavy atom. The van der Waals surface area contributed by atoms with Crippen LogP contribution in [0.4, 0.5) is 0 Å². The molecule has 1 aliphatic rings. The summed E-state index contributed by atoms with van der Waals surface area (Å²) in [4.78, 5) is 0. The van der Waals surface area contributed by atoms with E-state index in [1.54, 1.807) is 7.11 Å². The molecule has 0 bridgehead atoms. The summed E-state index contributed by atoms with van der Waals surface area (Å²) in [6.45, 7) is 4.27. The molecule has 18 heavy (non-hydrogen) atoms. The molecule has 1 aromatic carbocycles. The minimum Gasteiger partial charge on any atom is -0.497 e. The van der Waals surface area contributed by atoms with Crippen molar-refractivity contribution in [2.75, 3.05) is 20.3 Å². The Hall–Kier alpha value is -1.36. The van der Waals surface area contributed by atoms with Gasteiger partial charge in [0.05, 0.1) is 26.4 Å². The van der Waals surface area contributed by atoms with Crippen molar-refractivity contribution < 1.29 is 19.3 Å². The fraction of sp³-hybridized carbons (Fsp3) is 0.429. The first-order valence-corrected chi connectivity index (χ1v) is 5.91. The standard InChI is InChI=1S/C14H18O4/c1-10(8-15)7-13-9-17-14(18-13)11-3-5-12(16-2)6-4-11/h3-6,13-15H,1,7-9H2,2H3/t13-,14?/m0/s1. The minimum absolute atomic E-state index is 0.00688. The predicted octanol–water partition coefficient (Wildman–Crippen LogP) is 2.05. The largest absolute Gasteiger partial charge is 0.497 e. The Labute approximate surface area is 107 Å². The van der Waals surface area contributed by atoms with Crippen LogP contribution < -0.4 is 4.74 Å². The molecule has 1 saturated heterocycles. The average molecular weight is 250 g/mol. The number of aliphatic hydroxyl groups excluding tert-OH is 1. The maximum Gasteiger partial charge on any atom is 0.184 e. The van der Waals surface area contributed by atoms with Crippen LogP contribution >= 0.6 is 0 Å². The summed E-state index contributed by atoms with van der Waals surface area (Å²) in [6.07, 6.45) is 0.257. The molecule has 0 aromatic heterocycles. The van der Waals surface area contributed by atoms with Gasteiger partial charge < -0.3 is 19.3 Å². The first-order chi connectivity index (χ1) is 8.72. The second-order valence-corrected chi connectivity index (χ2v) is 4.31. The van der Waals surface area contributed by atoms with Crippen LogP contribution in [0, 0.1) is 0 Å². The average Bonchev–Trinajstić information content (AvgIpc) is 2.87. The number of benzene rings is 1. The molecule has 1 unspecified atom stereocenters. The van der Waals surface area contributed by atoms with Crippen molar-refractivity contribution in [1.82, 2.24) is 0 Å². The maximum atomic E-state index is 8.93. The third-order valence-corrected chi connectivity index (χ3v) is 2.88. The lowest BCUT2D eigenvalue weighted by atomic mass is 10.1. The third kappa shape index (κ3) is 3.10. The van der Waals surface area contributed by atoms with E-state index < -0.39 is 0 Å². The van der Waals surface area contributed by atoms with Crippen LogP contribution in [0.2, 0.25) is 0 Å². The molecular weight excluding hydrogens is 232 g/mol. The van der Waals surface area contributed by atoms with Crippen molar-refractivity contribution in [2.24, 2.45) is 0 Å². The monoisotopic (exact) mass is 250 g/mol. The highest BCUT2D eigenvalue weighted by Gasteiger charge is 2.27. The van der Waals surface area contributed by atoms with Crippen LogP contribution in [0.15, 0.2) is 36.4 Å². The molecule has 1 heterocycles. The quantitative estimate of drug-likeness (QED) is 0.812. The lowest BCUT2D eigenvalue weighted by Gasteiger charge is -2.12. The van der Waals surface area contributed by atoms with E-state index >= 15 is 0 Å². The highest BCUT2D eigenvalue weighted by molar-refractivity contribution is 5.28. The molecule has 0 saturated carbocycles. The lowest BCUT2D eigenvalue weighted by Crippen LogP contribution is -2.11. The molecule has 2 rings (SSSR count). The lowest BCUT2D eigenvalue weighted by molar-refractivity contribution is -0.0600. The van der Waals surface area contributed by atoms with E-state index in [-0.39, 0.29) is 19.0 Å². The van der Waals surface area contributed by atoms with Gasteiger partial charge in [-0.1, -0.05) is 18.7 Å². The molecule has 98 valence electrons. The van der Waals surface area contributed by atoms with E-state index in [9.17, 15) is 0 Å². The van der Waals surface area contributed by atoms with Gasteiger partial charge in [0.15, 0.2) is 6.29 Å². The highest BCUT2D eigenvalue weighted by Crippen LogP contribution is 2.30. The smallest absolute Gasteiger partial charge is 0.184 e. The van der Waals surface area contributed by atoms with Gasteiger partial charge in [0.1, 0.15) is 5.75 Å². The van der Waals surface area contributed by atoms with E-state index in [0.717, 1.165) is 16.9 Å². The summed E-state index contributed by atoms with van der Waals surface area (Å²) in [5.74, 6) is 0.807. The zero-order chi connectivity index (χ0) is 13.0. The Morgan fingerprint density at radius 1 is 1.44 bits per heavy atom. The van der Waals surface area contributed by atoms with Crippen LogP contribution in [0.5, 0.6) is 5.75 Å². The van der Waals surface area contributed by atoms with Gasteiger partial charge in [-0.2, -0.15) is 0 Å². The second kappa shape index (κ2) is 6.00. The van der Waals surface area contributed by atoms with E-state index in [1.807, 2.05) is 24.3 Å². The van der Waals surface area contributed by atoms with Crippen molar-refractivity contribution >= 4 is 0 Å². The zero-order valence-corrected chi connectivity index (χ0v) is 10.5. The first kappa shape index (κ1) is 13.1. The van der Waals surface area contributed by atoms with E-state index in [2.05, 4.69) is 6.58 Å². The fourth-order valence-corrected chi connectivity index (χ4v) is 1.88. The van der Waals surface area contributed by atoms with Crippen molar-refractivity contribution in [3.63, 3.8) is 0 Å². The molecule has 4 nitrogen and oxygen atoms in total. The van der Waals surface area contributed by atoms with Crippen molar-refractivity contribution in [3.05, 3.63) is 42.0 Å². The van der Waals surface area contributed by atoms with Crippen LogP contribution in [0.1, 0.15) is 18.3 Å². The van der Waals surface area contributed by atoms with Crippen LogP contribution in [0.25, 0.3) is 0 Å².